The SMILES string of the molecule is CCCCCCCN(C(=O)C(CS)NC(=O)OC(C)(C)C)C(C(=O)NCc1ccccc1)c1ccccc1O. The van der Waals surface area contributed by atoms with Gasteiger partial charge in [-0.1, -0.05) is 81.1 Å². The summed E-state index contributed by atoms with van der Waals surface area (Å²) in [5.74, 6) is -1.00. The highest BCUT2D eigenvalue weighted by molar-refractivity contribution is 7.80. The van der Waals surface area contributed by atoms with E-state index < -0.39 is 35.6 Å². The predicted octanol–water partition coefficient (Wildman–Crippen LogP) is 5.37. The number of hydrogen-bond acceptors (Lipinski definition) is 6. The second-order valence-electron chi connectivity index (χ2n) is 10.5. The van der Waals surface area contributed by atoms with Gasteiger partial charge in [0.05, 0.1) is 0 Å². The number of ether oxygens (including phenoxy) is 1. The van der Waals surface area contributed by atoms with E-state index in [4.69, 9.17) is 4.74 Å². The Bertz CT molecular complexity index is 1060. The van der Waals surface area contributed by atoms with Crippen molar-refractivity contribution in [2.24, 2.45) is 0 Å². The molecule has 0 heterocycles. The van der Waals surface area contributed by atoms with E-state index in [0.29, 0.717) is 12.0 Å². The van der Waals surface area contributed by atoms with E-state index in [1.165, 1.54) is 11.0 Å². The third kappa shape index (κ3) is 10.8. The van der Waals surface area contributed by atoms with Gasteiger partial charge in [-0.15, -0.1) is 0 Å². The molecule has 0 aliphatic carbocycles. The molecule has 0 radical (unpaired) electrons. The molecule has 9 heteroatoms. The molecule has 0 aliphatic heterocycles. The topological polar surface area (TPSA) is 108 Å². The first-order valence-corrected chi connectivity index (χ1v) is 14.2. The van der Waals surface area contributed by atoms with Crippen molar-refractivity contribution in [3.8, 4) is 5.75 Å². The van der Waals surface area contributed by atoms with Crippen molar-refractivity contribution >= 4 is 30.5 Å². The molecule has 2 unspecified atom stereocenters. The highest BCUT2D eigenvalue weighted by Gasteiger charge is 2.36. The Morgan fingerprint density at radius 1 is 0.974 bits per heavy atom. The molecule has 3 amide bonds. The lowest BCUT2D eigenvalue weighted by Crippen LogP contribution is -2.54. The van der Waals surface area contributed by atoms with Crippen LogP contribution in [0.5, 0.6) is 5.75 Å². The maximum atomic E-state index is 13.9. The van der Waals surface area contributed by atoms with Crippen LogP contribution in [0.1, 0.15) is 77.0 Å². The number of amides is 3. The first-order chi connectivity index (χ1) is 18.6. The first-order valence-electron chi connectivity index (χ1n) is 13.6. The lowest BCUT2D eigenvalue weighted by atomic mass is 10.0. The standard InChI is InChI=1S/C30H43N3O5S/c1-5-6-7-8-14-19-33(28(36)24(21-39)32-29(37)38-30(2,3)4)26(23-17-12-13-18-25(23)34)27(35)31-20-22-15-10-9-11-16-22/h9-13,15-18,24,26,34,39H,5-8,14,19-21H2,1-4H3,(H,31,35)(H,32,37). The number of aromatic hydroxyl groups is 1. The van der Waals surface area contributed by atoms with Crippen LogP contribution in [0.2, 0.25) is 0 Å². The van der Waals surface area contributed by atoms with Crippen molar-refractivity contribution in [1.82, 2.24) is 15.5 Å². The van der Waals surface area contributed by atoms with Crippen molar-refractivity contribution < 1.29 is 24.2 Å². The van der Waals surface area contributed by atoms with Gasteiger partial charge < -0.3 is 25.4 Å². The van der Waals surface area contributed by atoms with Gasteiger partial charge in [0.1, 0.15) is 23.4 Å². The molecule has 3 N–H and O–H groups in total. The second-order valence-corrected chi connectivity index (χ2v) is 10.9. The molecular formula is C30H43N3O5S. The molecule has 0 fully saturated rings. The summed E-state index contributed by atoms with van der Waals surface area (Å²) in [4.78, 5) is 41.6. The smallest absolute Gasteiger partial charge is 0.408 e. The first kappa shape index (κ1) is 32.0. The van der Waals surface area contributed by atoms with Crippen LogP contribution in [0.25, 0.3) is 0 Å². The van der Waals surface area contributed by atoms with Crippen LogP contribution < -0.4 is 10.6 Å². The van der Waals surface area contributed by atoms with Gasteiger partial charge in [0.25, 0.3) is 0 Å². The van der Waals surface area contributed by atoms with Gasteiger partial charge in [0.2, 0.25) is 11.8 Å². The van der Waals surface area contributed by atoms with Crippen molar-refractivity contribution in [2.75, 3.05) is 12.3 Å². The Balaban J connectivity index is 2.40. The molecular weight excluding hydrogens is 514 g/mol. The van der Waals surface area contributed by atoms with Crippen LogP contribution in [0.3, 0.4) is 0 Å². The number of carbonyl (C=O) groups excluding carboxylic acids is 3. The Labute approximate surface area is 237 Å². The van der Waals surface area contributed by atoms with Crippen molar-refractivity contribution in [2.45, 2.75) is 84.0 Å². The van der Waals surface area contributed by atoms with E-state index in [2.05, 4.69) is 30.2 Å². The average Bonchev–Trinajstić information content (AvgIpc) is 2.89. The zero-order valence-electron chi connectivity index (χ0n) is 23.5. The highest BCUT2D eigenvalue weighted by atomic mass is 32.1. The maximum absolute atomic E-state index is 13.9. The fraction of sp³-hybridized carbons (Fsp3) is 0.500. The largest absolute Gasteiger partial charge is 0.508 e. The fourth-order valence-electron chi connectivity index (χ4n) is 4.14. The number of rotatable bonds is 14. The van der Waals surface area contributed by atoms with E-state index in [1.807, 2.05) is 30.3 Å². The molecule has 0 saturated heterocycles. The lowest BCUT2D eigenvalue weighted by molar-refractivity contribution is -0.142. The lowest BCUT2D eigenvalue weighted by Gasteiger charge is -2.34. The van der Waals surface area contributed by atoms with Crippen molar-refractivity contribution in [3.63, 3.8) is 0 Å². The summed E-state index contributed by atoms with van der Waals surface area (Å²) in [5.41, 5.74) is 0.461. The molecule has 2 rings (SSSR count). The van der Waals surface area contributed by atoms with Crippen LogP contribution in [0.4, 0.5) is 4.79 Å². The summed E-state index contributed by atoms with van der Waals surface area (Å²) in [7, 11) is 0. The number of benzene rings is 2. The maximum Gasteiger partial charge on any atom is 0.408 e. The minimum Gasteiger partial charge on any atom is -0.508 e. The number of hydrogen-bond donors (Lipinski definition) is 4. The van der Waals surface area contributed by atoms with Crippen LogP contribution in [0.15, 0.2) is 54.6 Å². The summed E-state index contributed by atoms with van der Waals surface area (Å²) in [6.07, 6.45) is 3.95. The van der Waals surface area contributed by atoms with Crippen molar-refractivity contribution in [3.05, 3.63) is 65.7 Å². The van der Waals surface area contributed by atoms with Gasteiger partial charge in [-0.05, 0) is 38.8 Å². The Morgan fingerprint density at radius 2 is 1.62 bits per heavy atom. The number of para-hydroxylation sites is 1. The minimum absolute atomic E-state index is 0.00351. The second kappa shape index (κ2) is 16.0. The molecule has 2 atom stereocenters. The Morgan fingerprint density at radius 3 is 2.23 bits per heavy atom. The monoisotopic (exact) mass is 557 g/mol. The molecule has 39 heavy (non-hydrogen) atoms. The number of thiol groups is 1. The van der Waals surface area contributed by atoms with Gasteiger partial charge in [-0.25, -0.2) is 4.79 Å². The summed E-state index contributed by atoms with van der Waals surface area (Å²) < 4.78 is 5.35. The van der Waals surface area contributed by atoms with Gasteiger partial charge in [-0.3, -0.25) is 9.59 Å². The molecule has 214 valence electrons. The van der Waals surface area contributed by atoms with E-state index in [-0.39, 0.29) is 24.6 Å². The van der Waals surface area contributed by atoms with Crippen molar-refractivity contribution in [1.29, 1.82) is 0 Å². The number of phenols is 1. The van der Waals surface area contributed by atoms with Crippen LogP contribution >= 0.6 is 12.6 Å². The van der Waals surface area contributed by atoms with E-state index in [0.717, 1.165) is 31.2 Å². The zero-order chi connectivity index (χ0) is 28.8. The number of alkyl carbamates (subject to hydrolysis) is 1. The number of unbranched alkanes of at least 4 members (excludes halogenated alkanes) is 4. The normalized spacial score (nSPS) is 12.7. The molecule has 8 nitrogen and oxygen atoms in total. The van der Waals surface area contributed by atoms with Gasteiger partial charge >= 0.3 is 6.09 Å². The number of carbonyl (C=O) groups is 3. The van der Waals surface area contributed by atoms with Crippen LogP contribution in [-0.4, -0.2) is 51.9 Å². The number of nitrogens with zero attached hydrogens (tertiary/aromatic N) is 1. The molecule has 2 aromatic rings. The molecule has 2 aromatic carbocycles. The highest BCUT2D eigenvalue weighted by Crippen LogP contribution is 2.30. The fourth-order valence-corrected chi connectivity index (χ4v) is 4.39. The third-order valence-corrected chi connectivity index (χ3v) is 6.42. The van der Waals surface area contributed by atoms with Crippen LogP contribution in [-0.2, 0) is 20.9 Å². The Hall–Kier alpha value is -3.20. The predicted molar refractivity (Wildman–Crippen MR) is 157 cm³/mol. The van der Waals surface area contributed by atoms with Crippen LogP contribution in [0, 0.1) is 0 Å². The average molecular weight is 558 g/mol. The molecule has 0 bridgehead atoms. The zero-order valence-corrected chi connectivity index (χ0v) is 24.4. The van der Waals surface area contributed by atoms with Gasteiger partial charge in [-0.2, -0.15) is 12.6 Å². The summed E-state index contributed by atoms with van der Waals surface area (Å²) in [6.45, 7) is 7.85. The third-order valence-electron chi connectivity index (χ3n) is 6.06. The summed E-state index contributed by atoms with van der Waals surface area (Å²) in [6, 6.07) is 13.8. The molecule has 0 spiro atoms. The molecule has 0 aliphatic rings. The summed E-state index contributed by atoms with van der Waals surface area (Å²) >= 11 is 4.32. The Kier molecular flexibility index (Phi) is 13.2. The quantitative estimate of drug-likeness (QED) is 0.184. The number of nitrogens with one attached hydrogen (secondary N) is 2. The number of phenolic OH excluding ortho intramolecular Hbond substituents is 1. The van der Waals surface area contributed by atoms with E-state index >= 15 is 0 Å². The van der Waals surface area contributed by atoms with Gasteiger partial charge in [0.15, 0.2) is 0 Å². The summed E-state index contributed by atoms with van der Waals surface area (Å²) in [5, 5.41) is 16.3. The molecule has 0 saturated carbocycles. The van der Waals surface area contributed by atoms with E-state index in [9.17, 15) is 19.5 Å². The minimum atomic E-state index is -1.11. The van der Waals surface area contributed by atoms with E-state index in [1.54, 1.807) is 39.0 Å². The molecule has 0 aromatic heterocycles. The van der Waals surface area contributed by atoms with Gasteiger partial charge in [0, 0.05) is 24.4 Å².